The number of carbonyl (C=O) groups is 2. The Balaban J connectivity index is 1.95. The summed E-state index contributed by atoms with van der Waals surface area (Å²) in [5.74, 6) is 0.0544. The molecule has 0 spiro atoms. The molecule has 1 aromatic rings. The van der Waals surface area contributed by atoms with Crippen molar-refractivity contribution in [3.8, 4) is 0 Å². The Morgan fingerprint density at radius 2 is 1.86 bits per heavy atom. The van der Waals surface area contributed by atoms with Gasteiger partial charge in [-0.25, -0.2) is 4.79 Å². The Hall–Kier alpha value is -1.60. The van der Waals surface area contributed by atoms with Crippen LogP contribution in [-0.2, 0) is 19.0 Å². The molecule has 160 valence electrons. The summed E-state index contributed by atoms with van der Waals surface area (Å²) in [4.78, 5) is 26.2. The molecular formula is C22H30BrNO5. The molecule has 3 rings (SSSR count). The highest BCUT2D eigenvalue weighted by Gasteiger charge is 2.41. The lowest BCUT2D eigenvalue weighted by Gasteiger charge is -2.31. The molecule has 2 fully saturated rings. The van der Waals surface area contributed by atoms with E-state index in [1.54, 1.807) is 4.90 Å². The fourth-order valence-electron chi connectivity index (χ4n) is 4.15. The third kappa shape index (κ3) is 5.72. The number of esters is 1. The molecule has 29 heavy (non-hydrogen) atoms. The number of benzene rings is 1. The van der Waals surface area contributed by atoms with Crippen LogP contribution in [0.15, 0.2) is 22.7 Å². The fraction of sp³-hybridized carbons (Fsp3) is 0.636. The summed E-state index contributed by atoms with van der Waals surface area (Å²) in [7, 11) is 0. The maximum absolute atomic E-state index is 13.0. The number of amides is 1. The van der Waals surface area contributed by atoms with Crippen molar-refractivity contribution in [3.63, 3.8) is 0 Å². The zero-order valence-electron chi connectivity index (χ0n) is 17.6. The maximum atomic E-state index is 13.0. The van der Waals surface area contributed by atoms with Crippen LogP contribution in [0.3, 0.4) is 0 Å². The Labute approximate surface area is 181 Å². The summed E-state index contributed by atoms with van der Waals surface area (Å²) in [5.41, 5.74) is 1.73. The number of carbonyl (C=O) groups excluding carboxylic acids is 2. The third-order valence-electron chi connectivity index (χ3n) is 5.29. The van der Waals surface area contributed by atoms with E-state index in [-0.39, 0.29) is 24.2 Å². The highest BCUT2D eigenvalue weighted by molar-refractivity contribution is 9.10. The van der Waals surface area contributed by atoms with Gasteiger partial charge in [0.25, 0.3) is 0 Å². The van der Waals surface area contributed by atoms with Crippen molar-refractivity contribution < 1.29 is 23.8 Å². The first-order valence-corrected chi connectivity index (χ1v) is 11.0. The number of likely N-dealkylation sites (tertiary alicyclic amines) is 1. The van der Waals surface area contributed by atoms with Gasteiger partial charge >= 0.3 is 12.1 Å². The van der Waals surface area contributed by atoms with Crippen LogP contribution in [0.2, 0.25) is 0 Å². The average Bonchev–Trinajstić information content (AvgIpc) is 3.04. The van der Waals surface area contributed by atoms with Crippen molar-refractivity contribution in [1.29, 1.82) is 0 Å². The zero-order valence-corrected chi connectivity index (χ0v) is 19.2. The highest BCUT2D eigenvalue weighted by Crippen LogP contribution is 2.41. The first kappa shape index (κ1) is 22.1. The van der Waals surface area contributed by atoms with Gasteiger partial charge in [-0.05, 0) is 62.8 Å². The molecule has 2 unspecified atom stereocenters. The van der Waals surface area contributed by atoms with E-state index in [1.807, 2.05) is 26.8 Å². The quantitative estimate of drug-likeness (QED) is 0.587. The maximum Gasteiger partial charge on any atom is 0.410 e. The molecule has 2 atom stereocenters. The van der Waals surface area contributed by atoms with Gasteiger partial charge in [-0.15, -0.1) is 0 Å². The molecule has 1 amide bonds. The summed E-state index contributed by atoms with van der Waals surface area (Å²) in [6, 6.07) is 6.07. The first-order valence-electron chi connectivity index (χ1n) is 10.2. The van der Waals surface area contributed by atoms with Crippen LogP contribution < -0.4 is 0 Å². The van der Waals surface area contributed by atoms with Gasteiger partial charge in [0.2, 0.25) is 0 Å². The minimum atomic E-state index is -0.595. The molecular weight excluding hydrogens is 438 g/mol. The smallest absolute Gasteiger partial charge is 0.410 e. The van der Waals surface area contributed by atoms with E-state index in [1.165, 1.54) is 12.5 Å². The largest absolute Gasteiger partial charge is 0.461 e. The number of hydrogen-bond acceptors (Lipinski definition) is 5. The number of ether oxygens (including phenoxy) is 3. The Morgan fingerprint density at radius 3 is 2.48 bits per heavy atom. The molecule has 0 aliphatic carbocycles. The second-order valence-corrected chi connectivity index (χ2v) is 9.69. The van der Waals surface area contributed by atoms with Crippen molar-refractivity contribution >= 4 is 28.0 Å². The van der Waals surface area contributed by atoms with Crippen LogP contribution in [0, 0.1) is 0 Å². The van der Waals surface area contributed by atoms with Crippen molar-refractivity contribution in [2.24, 2.45) is 0 Å². The van der Waals surface area contributed by atoms with Gasteiger partial charge in [-0.3, -0.25) is 9.69 Å². The SMILES string of the molecule is CC(=O)OC1CC(c2cc(Br)ccc2C2CCOCC2)N(C(=O)OC(C)(C)C)C1. The van der Waals surface area contributed by atoms with Crippen LogP contribution in [0.25, 0.3) is 0 Å². The van der Waals surface area contributed by atoms with E-state index in [9.17, 15) is 9.59 Å². The van der Waals surface area contributed by atoms with Gasteiger partial charge in [-0.1, -0.05) is 22.0 Å². The van der Waals surface area contributed by atoms with Crippen molar-refractivity contribution in [2.75, 3.05) is 19.8 Å². The number of rotatable bonds is 3. The summed E-state index contributed by atoms with van der Waals surface area (Å²) in [5, 5.41) is 0. The fourth-order valence-corrected chi connectivity index (χ4v) is 4.53. The molecule has 0 N–H and O–H groups in total. The Kier molecular flexibility index (Phi) is 6.89. The van der Waals surface area contributed by atoms with Crippen molar-refractivity contribution in [3.05, 3.63) is 33.8 Å². The van der Waals surface area contributed by atoms with Crippen molar-refractivity contribution in [1.82, 2.24) is 4.90 Å². The van der Waals surface area contributed by atoms with Crippen LogP contribution in [0.5, 0.6) is 0 Å². The van der Waals surface area contributed by atoms with E-state index in [0.717, 1.165) is 36.1 Å². The first-order chi connectivity index (χ1) is 13.6. The van der Waals surface area contributed by atoms with Gasteiger partial charge < -0.3 is 14.2 Å². The second-order valence-electron chi connectivity index (χ2n) is 8.78. The molecule has 0 saturated carbocycles. The topological polar surface area (TPSA) is 65.1 Å². The van der Waals surface area contributed by atoms with E-state index >= 15 is 0 Å². The number of nitrogens with zero attached hydrogens (tertiary/aromatic N) is 1. The van der Waals surface area contributed by atoms with E-state index in [4.69, 9.17) is 14.2 Å². The standard InChI is InChI=1S/C22H30BrNO5/c1-14(25)28-17-12-20(24(13-17)21(26)29-22(2,3)4)19-11-16(23)5-6-18(19)15-7-9-27-10-8-15/h5-6,11,15,17,20H,7-10,12-13H2,1-4H3. The van der Waals surface area contributed by atoms with Gasteiger partial charge in [0.15, 0.2) is 0 Å². The van der Waals surface area contributed by atoms with E-state index in [2.05, 4.69) is 28.1 Å². The van der Waals surface area contributed by atoms with Crippen LogP contribution >= 0.6 is 15.9 Å². The normalized spacial score (nSPS) is 23.1. The monoisotopic (exact) mass is 467 g/mol. The zero-order chi connectivity index (χ0) is 21.2. The Bertz CT molecular complexity index is 754. The molecule has 2 saturated heterocycles. The summed E-state index contributed by atoms with van der Waals surface area (Å²) >= 11 is 3.58. The summed E-state index contributed by atoms with van der Waals surface area (Å²) < 4.78 is 17.6. The van der Waals surface area contributed by atoms with Gasteiger partial charge in [0.1, 0.15) is 11.7 Å². The van der Waals surface area contributed by atoms with Gasteiger partial charge in [-0.2, -0.15) is 0 Å². The predicted molar refractivity (Wildman–Crippen MR) is 113 cm³/mol. The molecule has 0 radical (unpaired) electrons. The minimum Gasteiger partial charge on any atom is -0.461 e. The van der Waals surface area contributed by atoms with Gasteiger partial charge in [0, 0.05) is 31.0 Å². The van der Waals surface area contributed by atoms with Crippen molar-refractivity contribution in [2.45, 2.75) is 70.6 Å². The average molecular weight is 468 g/mol. The number of halogens is 1. The molecule has 6 nitrogen and oxygen atoms in total. The van der Waals surface area contributed by atoms with Crippen LogP contribution in [-0.4, -0.2) is 48.4 Å². The van der Waals surface area contributed by atoms with Crippen LogP contribution in [0.1, 0.15) is 70.0 Å². The highest BCUT2D eigenvalue weighted by atomic mass is 79.9. The molecule has 1 aromatic carbocycles. The lowest BCUT2D eigenvalue weighted by atomic mass is 9.85. The Morgan fingerprint density at radius 1 is 1.17 bits per heavy atom. The minimum absolute atomic E-state index is 0.204. The molecule has 2 heterocycles. The van der Waals surface area contributed by atoms with E-state index in [0.29, 0.717) is 18.9 Å². The molecule has 2 aliphatic heterocycles. The van der Waals surface area contributed by atoms with Gasteiger partial charge in [0.05, 0.1) is 12.6 Å². The molecule has 2 aliphatic rings. The summed E-state index contributed by atoms with van der Waals surface area (Å²) in [6.45, 7) is 8.79. The van der Waals surface area contributed by atoms with Crippen LogP contribution in [0.4, 0.5) is 4.79 Å². The lowest BCUT2D eigenvalue weighted by Crippen LogP contribution is -2.37. The predicted octanol–water partition coefficient (Wildman–Crippen LogP) is 4.96. The summed E-state index contributed by atoms with van der Waals surface area (Å²) in [6.07, 6.45) is 1.76. The molecule has 7 heteroatoms. The molecule has 0 bridgehead atoms. The lowest BCUT2D eigenvalue weighted by molar-refractivity contribution is -0.145. The second kappa shape index (κ2) is 9.04. The molecule has 0 aromatic heterocycles. The van der Waals surface area contributed by atoms with E-state index < -0.39 is 5.60 Å². The number of hydrogen-bond donors (Lipinski definition) is 0. The third-order valence-corrected chi connectivity index (χ3v) is 5.79.